The maximum atomic E-state index is 12.5. The molecule has 2 aromatic heterocycles. The predicted octanol–water partition coefficient (Wildman–Crippen LogP) is 3.38. The molecule has 39 nitrogen and oxygen atoms in total. The van der Waals surface area contributed by atoms with Gasteiger partial charge in [-0.25, -0.2) is 26.8 Å². The van der Waals surface area contributed by atoms with Crippen molar-refractivity contribution in [2.45, 2.75) is 168 Å². The lowest BCUT2D eigenvalue weighted by Crippen LogP contribution is -2.29. The average molecular weight is 1650 g/mol. The summed E-state index contributed by atoms with van der Waals surface area (Å²) in [4.78, 5) is 160. The minimum absolute atomic E-state index is 0. The number of benzene rings is 2. The third-order valence-electron chi connectivity index (χ3n) is 14.6. The first-order chi connectivity index (χ1) is 49.7. The van der Waals surface area contributed by atoms with Crippen molar-refractivity contribution in [2.24, 2.45) is 0 Å². The lowest BCUT2D eigenvalue weighted by atomic mass is 10.0. The van der Waals surface area contributed by atoms with Crippen LogP contribution in [0.1, 0.15) is 162 Å². The summed E-state index contributed by atoms with van der Waals surface area (Å²) in [5.41, 5.74) is 0.953. The number of carbonyl (C=O) groups excluding carboxylic acids is 4. The molecule has 0 bridgehead atoms. The maximum Gasteiger partial charge on any atom is 0.349 e. The van der Waals surface area contributed by atoms with Crippen molar-refractivity contribution in [2.75, 3.05) is 65.8 Å². The molecular weight excluding hydrogens is 1560 g/mol. The van der Waals surface area contributed by atoms with E-state index in [9.17, 15) is 100 Å². The summed E-state index contributed by atoms with van der Waals surface area (Å²) >= 11 is 0. The molecule has 3 radical (unpaired) electrons. The predicted molar refractivity (Wildman–Crippen MR) is 367 cm³/mol. The smallest absolute Gasteiger partial charge is 0.349 e. The van der Waals surface area contributed by atoms with Gasteiger partial charge in [-0.2, -0.15) is 0 Å². The number of rotatable bonds is 46. The average Bonchev–Trinajstić information content (AvgIpc) is 1.49. The molecule has 4 aromatic rings. The van der Waals surface area contributed by atoms with E-state index in [1.165, 1.54) is 6.07 Å². The molecule has 0 spiro atoms. The van der Waals surface area contributed by atoms with E-state index in [-0.39, 0.29) is 88.4 Å². The zero-order valence-electron chi connectivity index (χ0n) is 58.8. The molecule has 7 unspecified atom stereocenters. The molecule has 0 aliphatic carbocycles. The van der Waals surface area contributed by atoms with Gasteiger partial charge in [0.15, 0.2) is 5.78 Å². The Morgan fingerprint density at radius 1 is 0.542 bits per heavy atom. The SMILES string of the molecule is CC#CCNC(=O)CCOCCCCNC(=O)c1cc2ccc(C)cc2oc1=O.C[C@H]1CC[C@@H](COP(=O)([O-])OP(=O)([O-])OP(=O)([O-])O)O1.C[C@H]1CC[C@@H](COP(=O)([O-])OP(=O)([O-])OP(=O)([O-])OP(=O)([O-])NCCCCCCCNC(=O)CCOCCCCCC(=O)c2cc3ccc(CO)cc3oc2=O)O1.[B]. The maximum absolute atomic E-state index is 12.5. The van der Waals surface area contributed by atoms with E-state index in [2.05, 4.69) is 58.4 Å². The van der Waals surface area contributed by atoms with Gasteiger partial charge in [-0.3, -0.25) is 60.5 Å². The highest BCUT2D eigenvalue weighted by atomic mass is 31.3. The number of ether oxygens (including phenoxy) is 4. The molecule has 47 heteroatoms. The van der Waals surface area contributed by atoms with Gasteiger partial charge in [0.2, 0.25) is 19.6 Å². The Morgan fingerprint density at radius 2 is 1.01 bits per heavy atom. The highest BCUT2D eigenvalue weighted by Gasteiger charge is 2.32. The van der Waals surface area contributed by atoms with E-state index in [1.807, 2.05) is 24.1 Å². The molecule has 4 heterocycles. The van der Waals surface area contributed by atoms with Crippen molar-refractivity contribution >= 4 is 109 Å². The summed E-state index contributed by atoms with van der Waals surface area (Å²) in [5, 5.41) is 20.5. The second-order valence-corrected chi connectivity index (χ2v) is 34.1. The Morgan fingerprint density at radius 3 is 1.56 bits per heavy atom. The molecule has 601 valence electrons. The van der Waals surface area contributed by atoms with Crippen LogP contribution in [-0.2, 0) is 97.7 Å². The van der Waals surface area contributed by atoms with Gasteiger partial charge < -0.3 is 97.0 Å². The van der Waals surface area contributed by atoms with Crippen molar-refractivity contribution in [3.8, 4) is 11.8 Å². The molecular formula is C60H86BN4O35P7-7. The Bertz CT molecular complexity index is 4080. The number of amides is 3. The molecule has 0 saturated carbocycles. The van der Waals surface area contributed by atoms with Gasteiger partial charge in [0.25, 0.3) is 52.8 Å². The first-order valence-corrected chi connectivity index (χ1v) is 43.5. The third-order valence-corrected chi connectivity index (χ3v) is 24.2. The number of aliphatic hydroxyl groups excluding tert-OH is 1. The minimum Gasteiger partial charge on any atom is -0.766 e. The summed E-state index contributed by atoms with van der Waals surface area (Å²) in [6.45, 7) is 8.18. The lowest BCUT2D eigenvalue weighted by Gasteiger charge is -2.36. The normalized spacial score (nSPS) is 19.5. The van der Waals surface area contributed by atoms with Gasteiger partial charge in [-0.1, -0.05) is 55.9 Å². The quantitative estimate of drug-likeness (QED) is 0.00922. The van der Waals surface area contributed by atoms with Crippen LogP contribution in [0.5, 0.6) is 0 Å². The summed E-state index contributed by atoms with van der Waals surface area (Å²) in [6, 6.07) is 13.4. The number of hydrogen-bond acceptors (Lipinski definition) is 34. The molecule has 2 aliphatic heterocycles. The van der Waals surface area contributed by atoms with Gasteiger partial charge >= 0.3 is 11.3 Å². The van der Waals surface area contributed by atoms with Crippen LogP contribution in [0, 0.1) is 18.8 Å². The van der Waals surface area contributed by atoms with Crippen LogP contribution in [0.15, 0.2) is 67.0 Å². The van der Waals surface area contributed by atoms with E-state index in [4.69, 9.17) is 32.7 Å². The number of aliphatic hydroxyl groups is 1. The fourth-order valence-corrected chi connectivity index (χ4v) is 17.4. The number of nitrogens with one attached hydrogen (secondary N) is 4. The first-order valence-electron chi connectivity index (χ1n) is 33.1. The highest BCUT2D eigenvalue weighted by Crippen LogP contribution is 2.66. The topological polar surface area (TPSA) is 600 Å². The molecule has 2 aromatic carbocycles. The number of hydrogen-bond donors (Lipinski definition) is 6. The largest absolute Gasteiger partial charge is 0.766 e. The molecule has 2 aliphatic rings. The van der Waals surface area contributed by atoms with Crippen LogP contribution in [0.3, 0.4) is 0 Å². The van der Waals surface area contributed by atoms with Crippen LogP contribution < -0.4 is 66.5 Å². The van der Waals surface area contributed by atoms with Crippen molar-refractivity contribution < 1.29 is 154 Å². The van der Waals surface area contributed by atoms with Crippen LogP contribution in [0.25, 0.3) is 21.9 Å². The van der Waals surface area contributed by atoms with E-state index in [1.54, 1.807) is 51.1 Å². The van der Waals surface area contributed by atoms with E-state index in [0.717, 1.165) is 12.0 Å². The van der Waals surface area contributed by atoms with Crippen molar-refractivity contribution in [1.29, 1.82) is 0 Å². The molecule has 2 saturated heterocycles. The van der Waals surface area contributed by atoms with Crippen molar-refractivity contribution in [1.82, 2.24) is 21.0 Å². The van der Waals surface area contributed by atoms with Gasteiger partial charge in [-0.05, 0) is 127 Å². The van der Waals surface area contributed by atoms with E-state index < -0.39 is 97.3 Å². The molecule has 3 amide bonds. The number of Topliss-reactive ketones (excluding diaryl/α,β-unsaturated/α-hetero) is 1. The van der Waals surface area contributed by atoms with Crippen LogP contribution >= 0.6 is 54.7 Å². The Hall–Kier alpha value is -4.67. The van der Waals surface area contributed by atoms with Gasteiger partial charge in [-0.15, -0.1) is 5.92 Å². The van der Waals surface area contributed by atoms with E-state index in [0.29, 0.717) is 150 Å². The summed E-state index contributed by atoms with van der Waals surface area (Å²) < 4.78 is 138. The first kappa shape index (κ1) is 96.5. The number of ketones is 1. The van der Waals surface area contributed by atoms with Gasteiger partial charge in [0.1, 0.15) is 22.3 Å². The lowest BCUT2D eigenvalue weighted by molar-refractivity contribution is -0.255. The number of aryl methyl sites for hydroxylation is 1. The van der Waals surface area contributed by atoms with Crippen molar-refractivity contribution in [3.05, 3.63) is 91.6 Å². The molecule has 6 N–H and O–H groups in total. The number of unbranched alkanes of at least 4 members (excludes halogenated alkanes) is 7. The Labute approximate surface area is 617 Å². The Balaban J connectivity index is 0.000000489. The molecule has 6 rings (SSSR count). The van der Waals surface area contributed by atoms with Crippen LogP contribution in [-0.4, -0.2) is 132 Å². The fourth-order valence-electron chi connectivity index (χ4n) is 9.53. The number of phosphoric acid groups is 6. The van der Waals surface area contributed by atoms with Gasteiger partial charge in [0, 0.05) is 71.3 Å². The second-order valence-electron chi connectivity index (χ2n) is 23.6. The molecule has 2 fully saturated rings. The summed E-state index contributed by atoms with van der Waals surface area (Å²) in [6.07, 6.45) is 7.41. The zero-order valence-corrected chi connectivity index (χ0v) is 65.1. The van der Waals surface area contributed by atoms with Gasteiger partial charge in [0.05, 0.1) is 64.0 Å². The number of phosphoric ester groups is 2. The summed E-state index contributed by atoms with van der Waals surface area (Å²) in [7, 11) is -40.4. The molecule has 107 heavy (non-hydrogen) atoms. The monoisotopic (exact) mass is 1650 g/mol. The molecule has 11 atom stereocenters. The standard InChI is InChI=1S/C32H52N2O19P4.C22H26N2O5.C6H15O11P3.B/c1-24-11-14-27(49-24)23-48-55(41,42)52-57(45,46)53-56(43,44)51-54(39,40)34-17-8-4-2-3-7-16-33-31(37)15-19-47-18-9-5-6-10-29(36)28-21-26-13-12-25(22-35)20-30(26)50-32(28)38;1-3-4-10-23-20(25)9-13-28-12-6-5-11-24-21(26)18-15-17-8-7-16(2)14-19(17)29-22(18)27;1-5-2-3-6(15-5)4-14-19(10,11)17-20(12,13)16-18(7,8)9;/h12-13,20-21,24,27,35H,2-11,14-19,22-23H2,1H3,(H,33,37)(H,41,42)(H,43,44)(H,45,46)(H2,34,39,40);7-8,14-15H,5-6,9-13H2,1-2H3,(H,23,25)(H,24,26);5-6H,2-4H2,1H3,(H,10,11)(H,12,13)(H2,7,8,9);/p-7/t24-,27-;;5-,6-;/m0.0./s1. The fraction of sp³-hybridized carbons (Fsp3) is 0.600. The van der Waals surface area contributed by atoms with Crippen LogP contribution in [0.4, 0.5) is 0 Å². The minimum atomic E-state index is -6.22. The Kier molecular flexibility index (Phi) is 43.0. The third kappa shape index (κ3) is 41.4. The number of fused-ring (bicyclic) bond motifs is 2. The zero-order chi connectivity index (χ0) is 78.8. The van der Waals surface area contributed by atoms with Crippen molar-refractivity contribution in [3.63, 3.8) is 0 Å². The second kappa shape index (κ2) is 47.6. The number of carbonyl (C=O) groups is 4. The summed E-state index contributed by atoms with van der Waals surface area (Å²) in [5.74, 6) is 4.40. The van der Waals surface area contributed by atoms with Crippen LogP contribution in [0.2, 0.25) is 0 Å². The van der Waals surface area contributed by atoms with E-state index >= 15 is 0 Å². The highest BCUT2D eigenvalue weighted by molar-refractivity contribution is 7.68.